The van der Waals surface area contributed by atoms with E-state index in [1.54, 1.807) is 0 Å². The van der Waals surface area contributed by atoms with Gasteiger partial charge in [-0.05, 0) is 106 Å². The molecule has 60 heavy (non-hydrogen) atoms. The Morgan fingerprint density at radius 3 is 1.75 bits per heavy atom. The summed E-state index contributed by atoms with van der Waals surface area (Å²) in [5.41, 5.74) is 16.3. The van der Waals surface area contributed by atoms with Crippen LogP contribution in [0.5, 0.6) is 0 Å². The van der Waals surface area contributed by atoms with Crippen LogP contribution in [0.15, 0.2) is 208 Å². The van der Waals surface area contributed by atoms with Gasteiger partial charge in [0.1, 0.15) is 0 Å². The molecule has 3 nitrogen and oxygen atoms in total. The van der Waals surface area contributed by atoms with Crippen LogP contribution < -0.4 is 0 Å². The molecule has 0 bridgehead atoms. The van der Waals surface area contributed by atoms with Gasteiger partial charge in [0.2, 0.25) is 0 Å². The van der Waals surface area contributed by atoms with E-state index in [1.807, 2.05) is 35.7 Å². The van der Waals surface area contributed by atoms with E-state index >= 15 is 0 Å². The first kappa shape index (κ1) is 35.3. The van der Waals surface area contributed by atoms with Crippen molar-refractivity contribution in [2.24, 2.45) is 0 Å². The zero-order valence-electron chi connectivity index (χ0n) is 33.1. The average molecular weight is 804 g/mol. The molecule has 0 saturated heterocycles. The lowest BCUT2D eigenvalue weighted by molar-refractivity contribution is 0.642. The quantitative estimate of drug-likeness (QED) is 0.173. The maximum absolute atomic E-state index is 5.08. The lowest BCUT2D eigenvalue weighted by atomic mass is 9.81. The van der Waals surface area contributed by atoms with Crippen molar-refractivity contribution in [2.75, 3.05) is 0 Å². The van der Waals surface area contributed by atoms with Crippen LogP contribution in [-0.4, -0.2) is 14.5 Å². The number of hydrogen-bond donors (Lipinski definition) is 0. The maximum atomic E-state index is 5.08. The third-order valence-electron chi connectivity index (χ3n) is 12.3. The first-order valence-corrected chi connectivity index (χ1v) is 22.0. The topological polar surface area (TPSA) is 30.7 Å². The van der Waals surface area contributed by atoms with Crippen LogP contribution in [-0.2, 0) is 5.41 Å². The molecule has 5 heteroatoms. The normalized spacial score (nSPS) is 13.5. The zero-order valence-corrected chi connectivity index (χ0v) is 34.7. The second-order valence-electron chi connectivity index (χ2n) is 16.2. The highest BCUT2D eigenvalue weighted by atomic mass is 32.2. The molecule has 0 fully saturated rings. The number of nitrogens with zero attached hydrogens (tertiary/aromatic N) is 3. The number of hydrogen-bond acceptors (Lipinski definition) is 4. The Morgan fingerprint density at radius 1 is 0.433 bits per heavy atom. The molecule has 1 aliphatic heterocycles. The van der Waals surface area contributed by atoms with Gasteiger partial charge >= 0.3 is 0 Å². The van der Waals surface area contributed by atoms with Crippen molar-refractivity contribution in [1.29, 1.82) is 0 Å². The standard InChI is InChI=1S/C55H37N3S2/c1-55(2)44-32-38(23-27-40(44)42-28-30-51-53(52(42)55)60-50-20-12-11-19-49(50)59-51)37-24-29-48-43(31-37)41-17-9-10-18-47(41)58(48)39-25-21-36(22-26-39)54-56-45(34-13-5-3-6-14-34)33-46(57-54)35-15-7-4-8-16-35/h3-33H,1-2H3. The second-order valence-corrected chi connectivity index (χ2v) is 18.3. The van der Waals surface area contributed by atoms with E-state index in [0.29, 0.717) is 5.82 Å². The molecule has 2 aromatic heterocycles. The van der Waals surface area contributed by atoms with Crippen LogP contribution in [0.4, 0.5) is 0 Å². The summed E-state index contributed by atoms with van der Waals surface area (Å²) in [6.07, 6.45) is 0. The highest BCUT2D eigenvalue weighted by Gasteiger charge is 2.40. The van der Waals surface area contributed by atoms with Gasteiger partial charge in [-0.25, -0.2) is 9.97 Å². The Labute approximate surface area is 357 Å². The molecule has 0 spiro atoms. The first-order valence-electron chi connectivity index (χ1n) is 20.4. The van der Waals surface area contributed by atoms with Crippen LogP contribution in [0.1, 0.15) is 25.0 Å². The Bertz CT molecular complexity index is 3270. The Hall–Kier alpha value is -6.66. The molecule has 1 aliphatic carbocycles. The number of benzene rings is 8. The molecule has 12 rings (SSSR count). The summed E-state index contributed by atoms with van der Waals surface area (Å²) in [4.78, 5) is 15.6. The fraction of sp³-hybridized carbons (Fsp3) is 0.0545. The van der Waals surface area contributed by atoms with Crippen molar-refractivity contribution in [3.05, 3.63) is 199 Å². The number of rotatable bonds is 5. The number of fused-ring (bicyclic) bond motifs is 9. The summed E-state index contributed by atoms with van der Waals surface area (Å²) in [6.45, 7) is 4.81. The van der Waals surface area contributed by atoms with Gasteiger partial charge in [-0.15, -0.1) is 0 Å². The number of para-hydroxylation sites is 1. The molecule has 8 aromatic carbocycles. The summed E-state index contributed by atoms with van der Waals surface area (Å²) in [5, 5.41) is 2.47. The molecule has 0 amide bonds. The molecule has 3 heterocycles. The van der Waals surface area contributed by atoms with E-state index in [2.05, 4.69) is 194 Å². The highest BCUT2D eigenvalue weighted by Crippen LogP contribution is 2.59. The summed E-state index contributed by atoms with van der Waals surface area (Å²) in [6, 6.07) is 67.8. The monoisotopic (exact) mass is 803 g/mol. The Morgan fingerprint density at radius 2 is 1.02 bits per heavy atom. The van der Waals surface area contributed by atoms with Gasteiger partial charge in [0.05, 0.1) is 22.4 Å². The van der Waals surface area contributed by atoms with E-state index in [0.717, 1.165) is 33.8 Å². The van der Waals surface area contributed by atoms with Crippen molar-refractivity contribution in [2.45, 2.75) is 38.8 Å². The summed E-state index contributed by atoms with van der Waals surface area (Å²) < 4.78 is 2.38. The second kappa shape index (κ2) is 13.7. The summed E-state index contributed by atoms with van der Waals surface area (Å²) >= 11 is 3.83. The van der Waals surface area contributed by atoms with E-state index in [4.69, 9.17) is 9.97 Å². The smallest absolute Gasteiger partial charge is 0.160 e. The first-order chi connectivity index (χ1) is 29.5. The fourth-order valence-electron chi connectivity index (χ4n) is 9.33. The molecule has 0 radical (unpaired) electrons. The Kier molecular flexibility index (Phi) is 8.06. The minimum atomic E-state index is -0.130. The van der Waals surface area contributed by atoms with Gasteiger partial charge in [0.15, 0.2) is 5.82 Å². The van der Waals surface area contributed by atoms with E-state index < -0.39 is 0 Å². The Balaban J connectivity index is 0.918. The minimum absolute atomic E-state index is 0.130. The third kappa shape index (κ3) is 5.61. The molecular formula is C55H37N3S2. The van der Waals surface area contributed by atoms with Gasteiger partial charge < -0.3 is 4.57 Å². The van der Waals surface area contributed by atoms with E-state index in [-0.39, 0.29) is 5.41 Å². The number of aromatic nitrogens is 3. The molecule has 10 aromatic rings. The summed E-state index contributed by atoms with van der Waals surface area (Å²) in [5.74, 6) is 0.706. The van der Waals surface area contributed by atoms with Crippen LogP contribution in [0.3, 0.4) is 0 Å². The fourth-order valence-corrected chi connectivity index (χ4v) is 11.9. The molecule has 0 saturated carbocycles. The van der Waals surface area contributed by atoms with Gasteiger partial charge in [0, 0.05) is 58.1 Å². The van der Waals surface area contributed by atoms with E-state index in [1.165, 1.54) is 74.8 Å². The average Bonchev–Trinajstić information content (AvgIpc) is 3.76. The van der Waals surface area contributed by atoms with Crippen molar-refractivity contribution in [3.8, 4) is 61.8 Å². The van der Waals surface area contributed by atoms with Crippen molar-refractivity contribution in [3.63, 3.8) is 0 Å². The van der Waals surface area contributed by atoms with Gasteiger partial charge in [-0.2, -0.15) is 0 Å². The molecular weight excluding hydrogens is 767 g/mol. The lowest BCUT2D eigenvalue weighted by Crippen LogP contribution is -2.17. The largest absolute Gasteiger partial charge is 0.309 e. The van der Waals surface area contributed by atoms with Crippen molar-refractivity contribution in [1.82, 2.24) is 14.5 Å². The van der Waals surface area contributed by atoms with Crippen LogP contribution in [0, 0.1) is 0 Å². The third-order valence-corrected chi connectivity index (χ3v) is 14.9. The van der Waals surface area contributed by atoms with Crippen LogP contribution >= 0.6 is 23.5 Å². The molecule has 0 atom stereocenters. The van der Waals surface area contributed by atoms with Crippen molar-refractivity contribution < 1.29 is 0 Å². The van der Waals surface area contributed by atoms with Gasteiger partial charge in [-0.3, -0.25) is 0 Å². The molecule has 0 unspecified atom stereocenters. The van der Waals surface area contributed by atoms with Crippen LogP contribution in [0.2, 0.25) is 0 Å². The van der Waals surface area contributed by atoms with Crippen molar-refractivity contribution >= 4 is 45.3 Å². The SMILES string of the molecule is CC1(C)c2cc(-c3ccc4c(c3)c3ccccc3n4-c3ccc(-c4nc(-c5ccccc5)cc(-c5ccccc5)n4)cc3)ccc2-c2ccc3c(c21)Sc1ccccc1S3. The van der Waals surface area contributed by atoms with Crippen LogP contribution in [0.25, 0.3) is 83.6 Å². The van der Waals surface area contributed by atoms with Gasteiger partial charge in [0.25, 0.3) is 0 Å². The highest BCUT2D eigenvalue weighted by molar-refractivity contribution is 8.05. The van der Waals surface area contributed by atoms with Gasteiger partial charge in [-0.1, -0.05) is 153 Å². The summed E-state index contributed by atoms with van der Waals surface area (Å²) in [7, 11) is 0. The minimum Gasteiger partial charge on any atom is -0.309 e. The predicted molar refractivity (Wildman–Crippen MR) is 250 cm³/mol. The molecule has 2 aliphatic rings. The lowest BCUT2D eigenvalue weighted by Gasteiger charge is -2.28. The predicted octanol–water partition coefficient (Wildman–Crippen LogP) is 15.2. The molecule has 0 N–H and O–H groups in total. The maximum Gasteiger partial charge on any atom is 0.160 e. The molecule has 284 valence electrons. The zero-order chi connectivity index (χ0) is 40.0. The van der Waals surface area contributed by atoms with E-state index in [9.17, 15) is 0 Å².